The highest BCUT2D eigenvalue weighted by Gasteiger charge is 2.20. The van der Waals surface area contributed by atoms with E-state index in [0.29, 0.717) is 16.8 Å². The van der Waals surface area contributed by atoms with Crippen LogP contribution in [0, 0.1) is 16.0 Å². The zero-order valence-electron chi connectivity index (χ0n) is 15.8. The molecule has 2 aromatic carbocycles. The van der Waals surface area contributed by atoms with Crippen molar-refractivity contribution in [3.8, 4) is 0 Å². The lowest BCUT2D eigenvalue weighted by molar-refractivity contribution is -0.384. The third-order valence-electron chi connectivity index (χ3n) is 4.39. The van der Waals surface area contributed by atoms with Crippen molar-refractivity contribution in [3.05, 3.63) is 69.8 Å². The average molecular weight is 369 g/mol. The Morgan fingerprint density at radius 2 is 1.70 bits per heavy atom. The lowest BCUT2D eigenvalue weighted by Gasteiger charge is -2.25. The van der Waals surface area contributed by atoms with Gasteiger partial charge in [0, 0.05) is 36.3 Å². The molecule has 0 spiro atoms. The number of nitro benzene ring substituents is 1. The van der Waals surface area contributed by atoms with Gasteiger partial charge in [0.2, 0.25) is 5.91 Å². The summed E-state index contributed by atoms with van der Waals surface area (Å²) in [6.45, 7) is 5.42. The minimum absolute atomic E-state index is 0.00885. The Kier molecular flexibility index (Phi) is 6.28. The van der Waals surface area contributed by atoms with Crippen molar-refractivity contribution >= 4 is 23.2 Å². The molecule has 0 fully saturated rings. The lowest BCUT2D eigenvalue weighted by Crippen LogP contribution is -2.29. The number of carbonyl (C=O) groups excluding carboxylic acids is 2. The van der Waals surface area contributed by atoms with Crippen molar-refractivity contribution in [2.24, 2.45) is 5.92 Å². The van der Waals surface area contributed by atoms with Gasteiger partial charge in [-0.25, -0.2) is 0 Å². The second kappa shape index (κ2) is 8.44. The summed E-state index contributed by atoms with van der Waals surface area (Å²) in [4.78, 5) is 36.5. The van der Waals surface area contributed by atoms with E-state index in [1.807, 2.05) is 6.92 Å². The van der Waals surface area contributed by atoms with Crippen molar-refractivity contribution in [2.75, 3.05) is 12.4 Å². The third kappa shape index (κ3) is 4.91. The van der Waals surface area contributed by atoms with Crippen molar-refractivity contribution in [1.82, 2.24) is 4.90 Å². The van der Waals surface area contributed by atoms with Crippen LogP contribution in [0.2, 0.25) is 0 Å². The quantitative estimate of drug-likeness (QED) is 0.615. The van der Waals surface area contributed by atoms with Crippen LogP contribution in [0.1, 0.15) is 42.7 Å². The minimum atomic E-state index is -0.456. The first-order chi connectivity index (χ1) is 12.7. The van der Waals surface area contributed by atoms with Crippen LogP contribution in [0.15, 0.2) is 48.5 Å². The molecule has 7 nitrogen and oxygen atoms in total. The SMILES string of the molecule is CC(C)C(=O)Nc1ccc(C(=O)N(C)C(C)c2cccc([N+](=O)[O-])c2)cc1. The molecular formula is C20H23N3O4. The molecule has 0 bridgehead atoms. The van der Waals surface area contributed by atoms with E-state index < -0.39 is 4.92 Å². The Bertz CT molecular complexity index is 847. The molecule has 0 aliphatic heterocycles. The predicted molar refractivity (Wildman–Crippen MR) is 104 cm³/mol. The molecule has 1 unspecified atom stereocenters. The summed E-state index contributed by atoms with van der Waals surface area (Å²) >= 11 is 0. The van der Waals surface area contributed by atoms with Gasteiger partial charge in [-0.2, -0.15) is 0 Å². The largest absolute Gasteiger partial charge is 0.335 e. The fourth-order valence-electron chi connectivity index (χ4n) is 2.48. The van der Waals surface area contributed by atoms with Crippen LogP contribution < -0.4 is 5.32 Å². The highest BCUT2D eigenvalue weighted by Crippen LogP contribution is 2.24. The van der Waals surface area contributed by atoms with E-state index in [1.165, 1.54) is 17.0 Å². The molecule has 0 saturated carbocycles. The van der Waals surface area contributed by atoms with Gasteiger partial charge in [-0.1, -0.05) is 26.0 Å². The lowest BCUT2D eigenvalue weighted by atomic mass is 10.1. The molecule has 0 heterocycles. The molecular weight excluding hydrogens is 346 g/mol. The van der Waals surface area contributed by atoms with Gasteiger partial charge in [-0.05, 0) is 36.8 Å². The van der Waals surface area contributed by atoms with Crippen LogP contribution in [0.25, 0.3) is 0 Å². The summed E-state index contributed by atoms with van der Waals surface area (Å²) in [5.74, 6) is -0.436. The number of benzene rings is 2. The number of nitrogens with zero attached hydrogens (tertiary/aromatic N) is 2. The number of carbonyl (C=O) groups is 2. The van der Waals surface area contributed by atoms with Crippen molar-refractivity contribution in [1.29, 1.82) is 0 Å². The van der Waals surface area contributed by atoms with Crippen LogP contribution in [0.5, 0.6) is 0 Å². The second-order valence-corrected chi connectivity index (χ2v) is 6.67. The molecule has 27 heavy (non-hydrogen) atoms. The number of anilines is 1. The van der Waals surface area contributed by atoms with Gasteiger partial charge >= 0.3 is 0 Å². The van der Waals surface area contributed by atoms with Crippen molar-refractivity contribution in [3.63, 3.8) is 0 Å². The molecule has 0 aliphatic rings. The Labute approximate surface area is 158 Å². The number of amides is 2. The number of hydrogen-bond acceptors (Lipinski definition) is 4. The maximum absolute atomic E-state index is 12.7. The van der Waals surface area contributed by atoms with Gasteiger partial charge in [0.15, 0.2) is 0 Å². The summed E-state index contributed by atoms with van der Waals surface area (Å²) in [5.41, 5.74) is 1.77. The van der Waals surface area contributed by atoms with E-state index in [4.69, 9.17) is 0 Å². The van der Waals surface area contributed by atoms with Gasteiger partial charge in [0.1, 0.15) is 0 Å². The standard InChI is InChI=1S/C20H23N3O4/c1-13(2)19(24)21-17-10-8-15(9-11-17)20(25)22(4)14(3)16-6-5-7-18(12-16)23(26)27/h5-14H,1-4H3,(H,21,24). The third-order valence-corrected chi connectivity index (χ3v) is 4.39. The van der Waals surface area contributed by atoms with Gasteiger partial charge in [-0.15, -0.1) is 0 Å². The highest BCUT2D eigenvalue weighted by atomic mass is 16.6. The molecule has 7 heteroatoms. The maximum Gasteiger partial charge on any atom is 0.269 e. The normalized spacial score (nSPS) is 11.7. The minimum Gasteiger partial charge on any atom is -0.335 e. The first-order valence-electron chi connectivity index (χ1n) is 8.63. The fourth-order valence-corrected chi connectivity index (χ4v) is 2.48. The number of hydrogen-bond donors (Lipinski definition) is 1. The Hall–Kier alpha value is -3.22. The van der Waals surface area contributed by atoms with E-state index in [1.54, 1.807) is 57.3 Å². The Morgan fingerprint density at radius 1 is 1.07 bits per heavy atom. The van der Waals surface area contributed by atoms with Gasteiger partial charge in [0.05, 0.1) is 11.0 Å². The van der Waals surface area contributed by atoms with Gasteiger partial charge in [-0.3, -0.25) is 19.7 Å². The molecule has 0 aliphatic carbocycles. The fraction of sp³-hybridized carbons (Fsp3) is 0.300. The Morgan fingerprint density at radius 3 is 2.26 bits per heavy atom. The second-order valence-electron chi connectivity index (χ2n) is 6.67. The molecule has 142 valence electrons. The summed E-state index contributed by atoms with van der Waals surface area (Å²) in [5, 5.41) is 13.7. The predicted octanol–water partition coefficient (Wildman–Crippen LogP) is 4.02. The molecule has 0 radical (unpaired) electrons. The molecule has 1 atom stereocenters. The average Bonchev–Trinajstić information content (AvgIpc) is 2.66. The monoisotopic (exact) mass is 369 g/mol. The smallest absolute Gasteiger partial charge is 0.269 e. The van der Waals surface area contributed by atoms with Gasteiger partial charge < -0.3 is 10.2 Å². The highest BCUT2D eigenvalue weighted by molar-refractivity contribution is 5.96. The summed E-state index contributed by atoms with van der Waals surface area (Å²) in [6, 6.07) is 12.6. The van der Waals surface area contributed by atoms with Gasteiger partial charge in [0.25, 0.3) is 11.6 Å². The number of nitrogens with one attached hydrogen (secondary N) is 1. The first kappa shape index (κ1) is 20.1. The van der Waals surface area contributed by atoms with Crippen LogP contribution in [0.4, 0.5) is 11.4 Å². The zero-order chi connectivity index (χ0) is 20.1. The molecule has 2 amide bonds. The molecule has 0 aromatic heterocycles. The van der Waals surface area contributed by atoms with E-state index in [0.717, 1.165) is 0 Å². The topological polar surface area (TPSA) is 92.6 Å². The van der Waals surface area contributed by atoms with Crippen LogP contribution in [0.3, 0.4) is 0 Å². The summed E-state index contributed by atoms with van der Waals surface area (Å²) < 4.78 is 0. The van der Waals surface area contributed by atoms with Crippen LogP contribution >= 0.6 is 0 Å². The van der Waals surface area contributed by atoms with Crippen LogP contribution in [-0.2, 0) is 4.79 Å². The van der Waals surface area contributed by atoms with E-state index in [9.17, 15) is 19.7 Å². The van der Waals surface area contributed by atoms with Crippen molar-refractivity contribution in [2.45, 2.75) is 26.8 Å². The first-order valence-corrected chi connectivity index (χ1v) is 8.63. The summed E-state index contributed by atoms with van der Waals surface area (Å²) in [6.07, 6.45) is 0. The number of nitro groups is 1. The molecule has 2 rings (SSSR count). The maximum atomic E-state index is 12.7. The Balaban J connectivity index is 2.13. The number of non-ortho nitro benzene ring substituents is 1. The molecule has 2 aromatic rings. The van der Waals surface area contributed by atoms with E-state index in [-0.39, 0.29) is 29.5 Å². The number of rotatable bonds is 6. The summed E-state index contributed by atoms with van der Waals surface area (Å²) in [7, 11) is 1.65. The van der Waals surface area contributed by atoms with Crippen LogP contribution in [-0.4, -0.2) is 28.7 Å². The molecule has 0 saturated heterocycles. The van der Waals surface area contributed by atoms with E-state index >= 15 is 0 Å². The zero-order valence-corrected chi connectivity index (χ0v) is 15.8. The molecule has 1 N–H and O–H groups in total. The van der Waals surface area contributed by atoms with Crippen molar-refractivity contribution < 1.29 is 14.5 Å². The van der Waals surface area contributed by atoms with E-state index in [2.05, 4.69) is 5.32 Å².